The molecule has 0 radical (unpaired) electrons. The lowest BCUT2D eigenvalue weighted by molar-refractivity contribution is 0.278. The highest BCUT2D eigenvalue weighted by Gasteiger charge is 2.15. The van der Waals surface area contributed by atoms with E-state index in [1.165, 1.54) is 5.56 Å². The van der Waals surface area contributed by atoms with Crippen molar-refractivity contribution in [3.8, 4) is 5.75 Å². The number of nitrogens with one attached hydrogen (secondary N) is 1. The highest BCUT2D eigenvalue weighted by Crippen LogP contribution is 2.27. The lowest BCUT2D eigenvalue weighted by Crippen LogP contribution is -2.29. The minimum absolute atomic E-state index is 0.364. The third-order valence-corrected chi connectivity index (χ3v) is 3.67. The summed E-state index contributed by atoms with van der Waals surface area (Å²) in [6, 6.07) is 8.76. The number of hydrogen-bond donors (Lipinski definition) is 1. The minimum Gasteiger partial charge on any atom is -0.494 e. The fourth-order valence-corrected chi connectivity index (χ4v) is 2.52. The van der Waals surface area contributed by atoms with E-state index in [0.29, 0.717) is 12.6 Å². The molecule has 0 aromatic heterocycles. The molecule has 0 bridgehead atoms. The maximum atomic E-state index is 5.77. The van der Waals surface area contributed by atoms with Gasteiger partial charge in [0.25, 0.3) is 0 Å². The Kier molecular flexibility index (Phi) is 8.31. The number of hydrogen-bond acceptors (Lipinski definition) is 3. The molecule has 0 fully saturated rings. The van der Waals surface area contributed by atoms with Crippen molar-refractivity contribution >= 4 is 0 Å². The molecule has 1 aromatic rings. The molecule has 20 heavy (non-hydrogen) atoms. The number of para-hydroxylation sites is 1. The molecular formula is C17H30N2O. The second-order valence-corrected chi connectivity index (χ2v) is 4.90. The second-order valence-electron chi connectivity index (χ2n) is 4.90. The summed E-state index contributed by atoms with van der Waals surface area (Å²) in [5.74, 6) is 1.01. The molecule has 0 aliphatic carbocycles. The van der Waals surface area contributed by atoms with Crippen molar-refractivity contribution in [2.45, 2.75) is 40.2 Å². The summed E-state index contributed by atoms with van der Waals surface area (Å²) >= 11 is 0. The van der Waals surface area contributed by atoms with Crippen LogP contribution in [-0.2, 0) is 0 Å². The topological polar surface area (TPSA) is 24.5 Å². The Bertz CT molecular complexity index is 364. The van der Waals surface area contributed by atoms with Crippen LogP contribution in [0.15, 0.2) is 24.3 Å². The smallest absolute Gasteiger partial charge is 0.124 e. The van der Waals surface area contributed by atoms with Crippen molar-refractivity contribution in [2.75, 3.05) is 32.8 Å². The van der Waals surface area contributed by atoms with Crippen molar-refractivity contribution < 1.29 is 4.74 Å². The predicted octanol–water partition coefficient (Wildman–Crippen LogP) is 3.47. The summed E-state index contributed by atoms with van der Waals surface area (Å²) in [6.45, 7) is 13.7. The maximum Gasteiger partial charge on any atom is 0.124 e. The van der Waals surface area contributed by atoms with Gasteiger partial charge in [0, 0.05) is 11.6 Å². The summed E-state index contributed by atoms with van der Waals surface area (Å²) in [4.78, 5) is 2.47. The largest absolute Gasteiger partial charge is 0.494 e. The van der Waals surface area contributed by atoms with Gasteiger partial charge >= 0.3 is 0 Å². The van der Waals surface area contributed by atoms with Gasteiger partial charge in [-0.2, -0.15) is 0 Å². The van der Waals surface area contributed by atoms with E-state index < -0.39 is 0 Å². The molecule has 0 spiro atoms. The minimum atomic E-state index is 0.364. The molecule has 1 unspecified atom stereocenters. The third-order valence-electron chi connectivity index (χ3n) is 3.67. The SMILES string of the molecule is CCNC(CCN(CC)CC)c1ccccc1OCC. The number of ether oxygens (including phenoxy) is 1. The molecule has 1 N–H and O–H groups in total. The fraction of sp³-hybridized carbons (Fsp3) is 0.647. The van der Waals surface area contributed by atoms with E-state index in [0.717, 1.165) is 38.3 Å². The van der Waals surface area contributed by atoms with Crippen LogP contribution in [0.2, 0.25) is 0 Å². The molecule has 0 amide bonds. The van der Waals surface area contributed by atoms with Gasteiger partial charge in [-0.15, -0.1) is 0 Å². The first kappa shape index (κ1) is 17.0. The molecule has 0 aliphatic rings. The van der Waals surface area contributed by atoms with E-state index >= 15 is 0 Å². The lowest BCUT2D eigenvalue weighted by Gasteiger charge is -2.25. The first-order valence-corrected chi connectivity index (χ1v) is 7.94. The van der Waals surface area contributed by atoms with E-state index in [2.05, 4.69) is 49.2 Å². The van der Waals surface area contributed by atoms with Gasteiger partial charge in [0.2, 0.25) is 0 Å². The Hall–Kier alpha value is -1.06. The van der Waals surface area contributed by atoms with Crippen LogP contribution in [0.5, 0.6) is 5.75 Å². The zero-order chi connectivity index (χ0) is 14.8. The van der Waals surface area contributed by atoms with Crippen molar-refractivity contribution in [3.05, 3.63) is 29.8 Å². The van der Waals surface area contributed by atoms with Gasteiger partial charge in [-0.1, -0.05) is 39.0 Å². The molecule has 0 heterocycles. The van der Waals surface area contributed by atoms with Crippen LogP contribution in [-0.4, -0.2) is 37.7 Å². The monoisotopic (exact) mass is 278 g/mol. The van der Waals surface area contributed by atoms with Crippen LogP contribution in [0, 0.1) is 0 Å². The summed E-state index contributed by atoms with van der Waals surface area (Å²) < 4.78 is 5.77. The molecule has 0 saturated heterocycles. The van der Waals surface area contributed by atoms with Crippen LogP contribution in [0.1, 0.15) is 45.7 Å². The number of nitrogens with zero attached hydrogens (tertiary/aromatic N) is 1. The summed E-state index contributed by atoms with van der Waals surface area (Å²) in [6.07, 6.45) is 1.11. The number of benzene rings is 1. The van der Waals surface area contributed by atoms with Crippen LogP contribution in [0.4, 0.5) is 0 Å². The standard InChI is InChI=1S/C17H30N2O/c1-5-18-16(13-14-19(6-2)7-3)15-11-9-10-12-17(15)20-8-4/h9-12,16,18H,5-8,13-14H2,1-4H3. The molecule has 0 aliphatic heterocycles. The molecule has 114 valence electrons. The van der Waals surface area contributed by atoms with Gasteiger partial charge in [0.15, 0.2) is 0 Å². The van der Waals surface area contributed by atoms with Crippen LogP contribution >= 0.6 is 0 Å². The Balaban J connectivity index is 2.79. The summed E-state index contributed by atoms with van der Waals surface area (Å²) in [5.41, 5.74) is 1.28. The lowest BCUT2D eigenvalue weighted by atomic mass is 10.0. The molecule has 1 atom stereocenters. The quantitative estimate of drug-likeness (QED) is 0.709. The van der Waals surface area contributed by atoms with Crippen molar-refractivity contribution in [2.24, 2.45) is 0 Å². The zero-order valence-electron chi connectivity index (χ0n) is 13.5. The highest BCUT2D eigenvalue weighted by atomic mass is 16.5. The second kappa shape index (κ2) is 9.78. The first-order valence-electron chi connectivity index (χ1n) is 7.94. The molecule has 1 aromatic carbocycles. The third kappa shape index (κ3) is 5.14. The van der Waals surface area contributed by atoms with Gasteiger partial charge in [-0.25, -0.2) is 0 Å². The molecule has 1 rings (SSSR count). The van der Waals surface area contributed by atoms with E-state index in [-0.39, 0.29) is 0 Å². The van der Waals surface area contributed by atoms with Gasteiger partial charge in [0.05, 0.1) is 6.61 Å². The average molecular weight is 278 g/mol. The van der Waals surface area contributed by atoms with Crippen LogP contribution in [0.3, 0.4) is 0 Å². The van der Waals surface area contributed by atoms with E-state index in [4.69, 9.17) is 4.74 Å². The van der Waals surface area contributed by atoms with Crippen LogP contribution < -0.4 is 10.1 Å². The zero-order valence-corrected chi connectivity index (χ0v) is 13.5. The highest BCUT2D eigenvalue weighted by molar-refractivity contribution is 5.36. The van der Waals surface area contributed by atoms with Crippen molar-refractivity contribution in [3.63, 3.8) is 0 Å². The Morgan fingerprint density at radius 1 is 1.10 bits per heavy atom. The van der Waals surface area contributed by atoms with Crippen molar-refractivity contribution in [1.82, 2.24) is 10.2 Å². The molecular weight excluding hydrogens is 248 g/mol. The fourth-order valence-electron chi connectivity index (χ4n) is 2.52. The van der Waals surface area contributed by atoms with E-state index in [1.807, 2.05) is 13.0 Å². The molecule has 0 saturated carbocycles. The Morgan fingerprint density at radius 2 is 1.80 bits per heavy atom. The summed E-state index contributed by atoms with van der Waals surface area (Å²) in [7, 11) is 0. The van der Waals surface area contributed by atoms with Crippen molar-refractivity contribution in [1.29, 1.82) is 0 Å². The van der Waals surface area contributed by atoms with Gasteiger partial charge in [-0.05, 0) is 45.6 Å². The Morgan fingerprint density at radius 3 is 2.40 bits per heavy atom. The normalized spacial score (nSPS) is 12.7. The van der Waals surface area contributed by atoms with E-state index in [9.17, 15) is 0 Å². The maximum absolute atomic E-state index is 5.77. The van der Waals surface area contributed by atoms with Gasteiger partial charge in [0.1, 0.15) is 5.75 Å². The summed E-state index contributed by atoms with van der Waals surface area (Å²) in [5, 5.41) is 3.59. The predicted molar refractivity (Wildman–Crippen MR) is 86.4 cm³/mol. The van der Waals surface area contributed by atoms with E-state index in [1.54, 1.807) is 0 Å². The van der Waals surface area contributed by atoms with Crippen LogP contribution in [0.25, 0.3) is 0 Å². The number of rotatable bonds is 10. The molecule has 3 nitrogen and oxygen atoms in total. The average Bonchev–Trinajstić information content (AvgIpc) is 2.48. The van der Waals surface area contributed by atoms with Gasteiger partial charge < -0.3 is 15.0 Å². The first-order chi connectivity index (χ1) is 9.76. The van der Waals surface area contributed by atoms with Gasteiger partial charge in [-0.3, -0.25) is 0 Å². The Labute approximate surface area is 124 Å². The molecule has 3 heteroatoms.